The van der Waals surface area contributed by atoms with Crippen molar-refractivity contribution in [3.8, 4) is 0 Å². The third-order valence-corrected chi connectivity index (χ3v) is 2.55. The highest BCUT2D eigenvalue weighted by Gasteiger charge is 2.09. The summed E-state index contributed by atoms with van der Waals surface area (Å²) in [4.78, 5) is 21.6. The summed E-state index contributed by atoms with van der Waals surface area (Å²) in [5, 5.41) is 10.6. The average molecular weight is 263 g/mol. The molecule has 0 amide bonds. The molecule has 1 aromatic rings. The molecule has 0 heterocycles. The van der Waals surface area contributed by atoms with E-state index in [1.165, 1.54) is 0 Å². The van der Waals surface area contributed by atoms with Crippen molar-refractivity contribution < 1.29 is 14.5 Å². The van der Waals surface area contributed by atoms with Crippen LogP contribution in [0.15, 0.2) is 30.5 Å². The number of allylic oxidation sites excluding steroid dienone is 1. The second kappa shape index (κ2) is 7.31. The summed E-state index contributed by atoms with van der Waals surface area (Å²) in [5.74, 6) is -0.385. The van der Waals surface area contributed by atoms with Crippen molar-refractivity contribution in [3.05, 3.63) is 51.7 Å². The molecule has 102 valence electrons. The maximum absolute atomic E-state index is 11.5. The number of rotatable bonds is 6. The Morgan fingerprint density at radius 2 is 1.84 bits per heavy atom. The van der Waals surface area contributed by atoms with E-state index < -0.39 is 4.92 Å². The topological polar surface area (TPSA) is 69.4 Å². The van der Waals surface area contributed by atoms with Crippen LogP contribution in [0, 0.1) is 10.1 Å². The highest BCUT2D eigenvalue weighted by molar-refractivity contribution is 5.89. The second-order valence-corrected chi connectivity index (χ2v) is 3.99. The lowest BCUT2D eigenvalue weighted by atomic mass is 10.0. The number of nitro groups is 1. The number of carbonyl (C=O) groups excluding carboxylic acids is 1. The van der Waals surface area contributed by atoms with Gasteiger partial charge in [0.15, 0.2) is 0 Å². The summed E-state index contributed by atoms with van der Waals surface area (Å²) >= 11 is 0. The minimum Gasteiger partial charge on any atom is -0.462 e. The van der Waals surface area contributed by atoms with Crippen molar-refractivity contribution in [1.29, 1.82) is 0 Å². The van der Waals surface area contributed by atoms with E-state index in [0.29, 0.717) is 24.2 Å². The van der Waals surface area contributed by atoms with Gasteiger partial charge in [-0.15, -0.1) is 0 Å². The van der Waals surface area contributed by atoms with Gasteiger partial charge in [-0.25, -0.2) is 4.79 Å². The second-order valence-electron chi connectivity index (χ2n) is 3.99. The lowest BCUT2D eigenvalue weighted by Crippen LogP contribution is -2.04. The first-order valence-electron chi connectivity index (χ1n) is 6.20. The summed E-state index contributed by atoms with van der Waals surface area (Å²) in [5.41, 5.74) is 1.86. The number of nitrogens with zero attached hydrogens (tertiary/aromatic N) is 1. The largest absolute Gasteiger partial charge is 0.462 e. The molecule has 0 bridgehead atoms. The maximum atomic E-state index is 11.5. The van der Waals surface area contributed by atoms with Gasteiger partial charge in [-0.3, -0.25) is 10.1 Å². The normalized spacial score (nSPS) is 11.2. The fourth-order valence-electron chi connectivity index (χ4n) is 1.71. The molecule has 0 aliphatic rings. The zero-order valence-corrected chi connectivity index (χ0v) is 11.1. The van der Waals surface area contributed by atoms with Crippen LogP contribution in [-0.2, 0) is 4.74 Å². The Hall–Kier alpha value is -2.17. The molecule has 0 aliphatic carbocycles. The van der Waals surface area contributed by atoms with Crippen LogP contribution in [0.25, 0.3) is 5.57 Å². The molecule has 5 heteroatoms. The Labute approximate surface area is 112 Å². The maximum Gasteiger partial charge on any atom is 0.338 e. The summed E-state index contributed by atoms with van der Waals surface area (Å²) in [6.07, 6.45) is 2.46. The first-order chi connectivity index (χ1) is 9.08. The van der Waals surface area contributed by atoms with E-state index in [4.69, 9.17) is 4.74 Å². The zero-order valence-electron chi connectivity index (χ0n) is 11.1. The average Bonchev–Trinajstić information content (AvgIpc) is 2.38. The minimum absolute atomic E-state index is 0.322. The molecule has 0 saturated carbocycles. The Morgan fingerprint density at radius 1 is 1.26 bits per heavy atom. The van der Waals surface area contributed by atoms with Gasteiger partial charge in [0.1, 0.15) is 0 Å². The predicted molar refractivity (Wildman–Crippen MR) is 72.3 cm³/mol. The van der Waals surface area contributed by atoms with E-state index in [1.54, 1.807) is 31.2 Å². The van der Waals surface area contributed by atoms with Gasteiger partial charge in [0.2, 0.25) is 6.20 Å². The molecule has 1 aromatic carbocycles. The molecule has 0 fully saturated rings. The summed E-state index contributed by atoms with van der Waals surface area (Å²) in [6.45, 7) is 4.02. The van der Waals surface area contributed by atoms with Crippen LogP contribution in [0.5, 0.6) is 0 Å². The fourth-order valence-corrected chi connectivity index (χ4v) is 1.71. The van der Waals surface area contributed by atoms with Crippen molar-refractivity contribution in [1.82, 2.24) is 0 Å². The molecule has 0 unspecified atom stereocenters. The molecular formula is C14H17NO4. The van der Waals surface area contributed by atoms with Crippen LogP contribution in [0.4, 0.5) is 0 Å². The molecule has 0 radical (unpaired) electrons. The van der Waals surface area contributed by atoms with Gasteiger partial charge in [-0.1, -0.05) is 25.5 Å². The number of carbonyl (C=O) groups is 1. The SMILES string of the molecule is CCC/C(=C/[N+](=O)[O-])c1ccc(C(=O)OCC)cc1. The molecule has 19 heavy (non-hydrogen) atoms. The third-order valence-electron chi connectivity index (χ3n) is 2.55. The highest BCUT2D eigenvalue weighted by Crippen LogP contribution is 2.20. The van der Waals surface area contributed by atoms with E-state index in [2.05, 4.69) is 0 Å². The molecule has 0 aromatic heterocycles. The summed E-state index contributed by atoms with van der Waals surface area (Å²) < 4.78 is 4.88. The van der Waals surface area contributed by atoms with Crippen LogP contribution in [0.2, 0.25) is 0 Å². The number of hydrogen-bond donors (Lipinski definition) is 0. The van der Waals surface area contributed by atoms with Crippen LogP contribution < -0.4 is 0 Å². The molecule has 0 atom stereocenters. The van der Waals surface area contributed by atoms with Crippen LogP contribution in [-0.4, -0.2) is 17.5 Å². The molecule has 1 rings (SSSR count). The Kier molecular flexibility index (Phi) is 5.73. The van der Waals surface area contributed by atoms with E-state index in [1.807, 2.05) is 6.92 Å². The quantitative estimate of drug-likeness (QED) is 0.448. The van der Waals surface area contributed by atoms with Crippen LogP contribution in [0.1, 0.15) is 42.6 Å². The van der Waals surface area contributed by atoms with Crippen LogP contribution >= 0.6 is 0 Å². The number of hydrogen-bond acceptors (Lipinski definition) is 4. The summed E-state index contributed by atoms with van der Waals surface area (Å²) in [7, 11) is 0. The van der Waals surface area contributed by atoms with Gasteiger partial charge in [-0.2, -0.15) is 0 Å². The first-order valence-corrected chi connectivity index (χ1v) is 6.20. The number of ether oxygens (including phenoxy) is 1. The minimum atomic E-state index is -0.454. The monoisotopic (exact) mass is 263 g/mol. The van der Waals surface area contributed by atoms with Crippen molar-refractivity contribution in [3.63, 3.8) is 0 Å². The Morgan fingerprint density at radius 3 is 2.32 bits per heavy atom. The van der Waals surface area contributed by atoms with Gasteiger partial charge in [0.05, 0.1) is 17.1 Å². The van der Waals surface area contributed by atoms with Gasteiger partial charge < -0.3 is 4.74 Å². The Balaban J connectivity index is 2.95. The molecule has 0 spiro atoms. The molecule has 0 aliphatic heterocycles. The van der Waals surface area contributed by atoms with Crippen molar-refractivity contribution >= 4 is 11.5 Å². The third kappa shape index (κ3) is 4.54. The van der Waals surface area contributed by atoms with E-state index in [9.17, 15) is 14.9 Å². The molecule has 0 saturated heterocycles. The molecule has 0 N–H and O–H groups in total. The Bertz CT molecular complexity index is 477. The van der Waals surface area contributed by atoms with E-state index in [-0.39, 0.29) is 5.97 Å². The standard InChI is InChI=1S/C14H17NO4/c1-3-5-13(10-15(17)18)11-6-8-12(9-7-11)14(16)19-4-2/h6-10H,3-5H2,1-2H3/b13-10-. The first kappa shape index (κ1) is 14.9. The van der Waals surface area contributed by atoms with Gasteiger partial charge in [0.25, 0.3) is 0 Å². The van der Waals surface area contributed by atoms with E-state index in [0.717, 1.165) is 18.2 Å². The summed E-state index contributed by atoms with van der Waals surface area (Å²) in [6, 6.07) is 6.65. The van der Waals surface area contributed by atoms with Crippen molar-refractivity contribution in [2.45, 2.75) is 26.7 Å². The highest BCUT2D eigenvalue weighted by atomic mass is 16.6. The van der Waals surface area contributed by atoms with Gasteiger partial charge >= 0.3 is 5.97 Å². The van der Waals surface area contributed by atoms with Gasteiger partial charge in [-0.05, 0) is 31.0 Å². The van der Waals surface area contributed by atoms with Crippen molar-refractivity contribution in [2.24, 2.45) is 0 Å². The zero-order chi connectivity index (χ0) is 14.3. The fraction of sp³-hybridized carbons (Fsp3) is 0.357. The lowest BCUT2D eigenvalue weighted by molar-refractivity contribution is -0.401. The van der Waals surface area contributed by atoms with Gasteiger partial charge in [0, 0.05) is 5.57 Å². The van der Waals surface area contributed by atoms with Crippen molar-refractivity contribution in [2.75, 3.05) is 6.61 Å². The van der Waals surface area contributed by atoms with E-state index >= 15 is 0 Å². The number of benzene rings is 1. The predicted octanol–water partition coefficient (Wildman–Crippen LogP) is 3.28. The smallest absolute Gasteiger partial charge is 0.338 e. The van der Waals surface area contributed by atoms with Crippen LogP contribution in [0.3, 0.4) is 0 Å². The number of esters is 1. The molecule has 5 nitrogen and oxygen atoms in total. The molecular weight excluding hydrogens is 246 g/mol. The lowest BCUT2D eigenvalue weighted by Gasteiger charge is -2.05.